The summed E-state index contributed by atoms with van der Waals surface area (Å²) in [5.74, 6) is -0.260. The predicted octanol–water partition coefficient (Wildman–Crippen LogP) is 7.55. The number of aryl methyl sites for hydroxylation is 4. The van der Waals surface area contributed by atoms with Gasteiger partial charge >= 0.3 is 0 Å². The lowest BCUT2D eigenvalue weighted by atomic mass is 9.97. The highest BCUT2D eigenvalue weighted by molar-refractivity contribution is 7.23. The van der Waals surface area contributed by atoms with Gasteiger partial charge in [-0.1, -0.05) is 42.0 Å². The van der Waals surface area contributed by atoms with Crippen molar-refractivity contribution in [3.63, 3.8) is 0 Å². The molecule has 3 aromatic carbocycles. The van der Waals surface area contributed by atoms with E-state index < -0.39 is 0 Å². The zero-order valence-electron chi connectivity index (χ0n) is 17.4. The van der Waals surface area contributed by atoms with Crippen molar-refractivity contribution in [2.75, 3.05) is 0 Å². The van der Waals surface area contributed by atoms with Crippen LogP contribution in [-0.2, 0) is 0 Å². The van der Waals surface area contributed by atoms with E-state index >= 15 is 4.39 Å². The van der Waals surface area contributed by atoms with Gasteiger partial charge in [-0.15, -0.1) is 11.3 Å². The van der Waals surface area contributed by atoms with Crippen LogP contribution in [-0.4, -0.2) is 9.97 Å². The predicted molar refractivity (Wildman–Crippen MR) is 125 cm³/mol. The second-order valence-electron chi connectivity index (χ2n) is 7.91. The Morgan fingerprint density at radius 1 is 0.833 bits per heavy atom. The van der Waals surface area contributed by atoms with E-state index in [1.807, 2.05) is 30.3 Å². The van der Waals surface area contributed by atoms with Crippen LogP contribution in [0, 0.1) is 33.5 Å². The number of hydrogen-bond donors (Lipinski definition) is 0. The van der Waals surface area contributed by atoms with Crippen LogP contribution in [0.15, 0.2) is 54.9 Å². The highest BCUT2D eigenvalue weighted by atomic mass is 32.1. The van der Waals surface area contributed by atoms with Crippen LogP contribution in [0.2, 0.25) is 0 Å². The Labute approximate surface area is 179 Å². The second kappa shape index (κ2) is 6.99. The molecule has 2 aromatic heterocycles. The zero-order valence-corrected chi connectivity index (χ0v) is 18.2. The molecule has 0 aliphatic carbocycles. The van der Waals surface area contributed by atoms with E-state index in [9.17, 15) is 0 Å². The lowest BCUT2D eigenvalue weighted by Crippen LogP contribution is -1.91. The Balaban J connectivity index is 1.79. The van der Waals surface area contributed by atoms with Gasteiger partial charge in [0.05, 0.1) is 15.9 Å². The highest BCUT2D eigenvalue weighted by Gasteiger charge is 2.20. The number of rotatable bonds is 2. The Morgan fingerprint density at radius 2 is 1.50 bits per heavy atom. The molecule has 0 atom stereocenters. The maximum absolute atomic E-state index is 15.1. The van der Waals surface area contributed by atoms with Crippen LogP contribution in [0.3, 0.4) is 0 Å². The molecule has 0 fully saturated rings. The van der Waals surface area contributed by atoms with Crippen LogP contribution in [0.4, 0.5) is 4.39 Å². The van der Waals surface area contributed by atoms with E-state index in [1.165, 1.54) is 27.1 Å². The minimum Gasteiger partial charge on any atom is -0.235 e. The second-order valence-corrected chi connectivity index (χ2v) is 8.93. The molecule has 0 N–H and O–H groups in total. The Kier molecular flexibility index (Phi) is 4.40. The van der Waals surface area contributed by atoms with Gasteiger partial charge in [0, 0.05) is 10.4 Å². The van der Waals surface area contributed by atoms with Crippen LogP contribution in [0.25, 0.3) is 42.7 Å². The van der Waals surface area contributed by atoms with Gasteiger partial charge in [0.25, 0.3) is 0 Å². The SMILES string of the molecule is Cc1cc(C)c(-c2sc3c(-c4cc5ccccc5cc4F)ncnc3c2C)c(C)c1. The molecule has 2 nitrogen and oxygen atoms in total. The molecule has 0 unspecified atom stereocenters. The molecule has 4 heteroatoms. The summed E-state index contributed by atoms with van der Waals surface area (Å²) < 4.78 is 16.0. The molecule has 0 radical (unpaired) electrons. The van der Waals surface area contributed by atoms with Crippen molar-refractivity contribution in [1.29, 1.82) is 0 Å². The quantitative estimate of drug-likeness (QED) is 0.299. The van der Waals surface area contributed by atoms with Gasteiger partial charge in [-0.25, -0.2) is 14.4 Å². The molecule has 0 saturated heterocycles. The number of thiophene rings is 1. The van der Waals surface area contributed by atoms with Gasteiger partial charge in [-0.05, 0) is 72.9 Å². The summed E-state index contributed by atoms with van der Waals surface area (Å²) in [6.07, 6.45) is 1.55. The summed E-state index contributed by atoms with van der Waals surface area (Å²) in [5, 5.41) is 1.89. The van der Waals surface area contributed by atoms with E-state index in [0.29, 0.717) is 11.3 Å². The maximum atomic E-state index is 15.1. The zero-order chi connectivity index (χ0) is 21.0. The van der Waals surface area contributed by atoms with Gasteiger partial charge < -0.3 is 0 Å². The van der Waals surface area contributed by atoms with Crippen LogP contribution in [0.1, 0.15) is 22.3 Å². The Bertz CT molecular complexity index is 1430. The third-order valence-corrected chi connectivity index (χ3v) is 7.00. The van der Waals surface area contributed by atoms with Crippen LogP contribution >= 0.6 is 11.3 Å². The summed E-state index contributed by atoms with van der Waals surface area (Å²) in [5.41, 5.74) is 8.18. The van der Waals surface area contributed by atoms with Crippen molar-refractivity contribution in [3.05, 3.63) is 82.9 Å². The van der Waals surface area contributed by atoms with Gasteiger partial charge in [0.15, 0.2) is 0 Å². The first-order valence-corrected chi connectivity index (χ1v) is 10.8. The highest BCUT2D eigenvalue weighted by Crippen LogP contribution is 2.43. The van der Waals surface area contributed by atoms with Crippen molar-refractivity contribution < 1.29 is 4.39 Å². The van der Waals surface area contributed by atoms with Gasteiger partial charge in [-0.2, -0.15) is 0 Å². The van der Waals surface area contributed by atoms with E-state index in [1.54, 1.807) is 23.7 Å². The molecule has 0 bridgehead atoms. The summed E-state index contributed by atoms with van der Waals surface area (Å²) in [6, 6.07) is 15.7. The Hall–Kier alpha value is -3.11. The first-order valence-electron chi connectivity index (χ1n) is 9.95. The molecule has 0 amide bonds. The summed E-state index contributed by atoms with van der Waals surface area (Å²) >= 11 is 1.66. The molecule has 148 valence electrons. The minimum absolute atomic E-state index is 0.260. The normalized spacial score (nSPS) is 11.5. The largest absolute Gasteiger partial charge is 0.235 e. The molecule has 5 rings (SSSR count). The van der Waals surface area contributed by atoms with Crippen molar-refractivity contribution in [3.8, 4) is 21.7 Å². The molecule has 2 heterocycles. The average molecular weight is 413 g/mol. The molecular weight excluding hydrogens is 391 g/mol. The van der Waals surface area contributed by atoms with Gasteiger partial charge in [0.2, 0.25) is 0 Å². The number of hydrogen-bond acceptors (Lipinski definition) is 3. The molecule has 0 aliphatic rings. The molecule has 0 aliphatic heterocycles. The summed E-state index contributed by atoms with van der Waals surface area (Å²) in [7, 11) is 0. The molecular formula is C26H21FN2S. The van der Waals surface area contributed by atoms with Crippen molar-refractivity contribution in [2.45, 2.75) is 27.7 Å². The number of aromatic nitrogens is 2. The van der Waals surface area contributed by atoms with Crippen molar-refractivity contribution in [2.24, 2.45) is 0 Å². The average Bonchev–Trinajstić information content (AvgIpc) is 3.03. The molecule has 0 saturated carbocycles. The van der Waals surface area contributed by atoms with E-state index in [2.05, 4.69) is 49.8 Å². The number of benzene rings is 3. The van der Waals surface area contributed by atoms with E-state index in [4.69, 9.17) is 0 Å². The van der Waals surface area contributed by atoms with Crippen LogP contribution < -0.4 is 0 Å². The topological polar surface area (TPSA) is 25.8 Å². The minimum atomic E-state index is -0.260. The fraction of sp³-hybridized carbons (Fsp3) is 0.154. The lowest BCUT2D eigenvalue weighted by molar-refractivity contribution is 0.632. The number of fused-ring (bicyclic) bond motifs is 2. The smallest absolute Gasteiger partial charge is 0.133 e. The van der Waals surface area contributed by atoms with E-state index in [-0.39, 0.29) is 5.82 Å². The van der Waals surface area contributed by atoms with Crippen molar-refractivity contribution in [1.82, 2.24) is 9.97 Å². The number of nitrogens with zero attached hydrogens (tertiary/aromatic N) is 2. The molecule has 0 spiro atoms. The standard InChI is InChI=1S/C26H21FN2S/c1-14-9-15(2)22(16(3)10-14)25-17(4)23-26(30-25)24(29-13-28-23)20-11-18-7-5-6-8-19(18)12-21(20)27/h5-13H,1-4H3. The van der Waals surface area contributed by atoms with E-state index in [0.717, 1.165) is 26.6 Å². The fourth-order valence-electron chi connectivity index (χ4n) is 4.39. The fourth-order valence-corrected chi connectivity index (χ4v) is 5.83. The summed E-state index contributed by atoms with van der Waals surface area (Å²) in [6.45, 7) is 8.51. The van der Waals surface area contributed by atoms with Gasteiger partial charge in [0.1, 0.15) is 12.1 Å². The first-order chi connectivity index (χ1) is 14.4. The monoisotopic (exact) mass is 412 g/mol. The first kappa shape index (κ1) is 18.9. The van der Waals surface area contributed by atoms with Gasteiger partial charge in [-0.3, -0.25) is 0 Å². The van der Waals surface area contributed by atoms with Crippen molar-refractivity contribution >= 4 is 32.3 Å². The molecule has 30 heavy (non-hydrogen) atoms. The number of halogens is 1. The maximum Gasteiger partial charge on any atom is 0.133 e. The third-order valence-electron chi connectivity index (χ3n) is 5.70. The molecule has 5 aromatic rings. The van der Waals surface area contributed by atoms with Crippen LogP contribution in [0.5, 0.6) is 0 Å². The lowest BCUT2D eigenvalue weighted by Gasteiger charge is -2.10. The third kappa shape index (κ3) is 2.91. The Morgan fingerprint density at radius 3 is 2.20 bits per heavy atom. The summed E-state index contributed by atoms with van der Waals surface area (Å²) in [4.78, 5) is 10.3.